The van der Waals surface area contributed by atoms with Crippen LogP contribution in [0.15, 0.2) is 48.5 Å². The van der Waals surface area contributed by atoms with Crippen molar-refractivity contribution in [3.8, 4) is 22.1 Å². The first-order valence-corrected chi connectivity index (χ1v) is 10.1. The molecule has 0 spiro atoms. The molecule has 144 valence electrons. The summed E-state index contributed by atoms with van der Waals surface area (Å²) in [7, 11) is 3.19. The first-order valence-electron chi connectivity index (χ1n) is 9.25. The highest BCUT2D eigenvalue weighted by Crippen LogP contribution is 2.36. The number of benzene rings is 2. The van der Waals surface area contributed by atoms with Crippen molar-refractivity contribution in [1.29, 1.82) is 0 Å². The van der Waals surface area contributed by atoms with Gasteiger partial charge in [-0.2, -0.15) is 0 Å². The Bertz CT molecular complexity index is 985. The molecule has 0 aliphatic heterocycles. The second kappa shape index (κ2) is 8.02. The molecule has 1 aromatic heterocycles. The van der Waals surface area contributed by atoms with Crippen LogP contribution in [-0.4, -0.2) is 25.1 Å². The van der Waals surface area contributed by atoms with Crippen molar-refractivity contribution >= 4 is 22.9 Å². The SMILES string of the molecule is COc1ccc(OC)c(NC(=O)C2CCc3nc(-c4ccccc4)sc3C2)c1. The van der Waals surface area contributed by atoms with Crippen molar-refractivity contribution in [2.75, 3.05) is 19.5 Å². The van der Waals surface area contributed by atoms with E-state index in [-0.39, 0.29) is 11.8 Å². The molecule has 0 fully saturated rings. The lowest BCUT2D eigenvalue weighted by Crippen LogP contribution is -2.27. The molecule has 28 heavy (non-hydrogen) atoms. The highest BCUT2D eigenvalue weighted by molar-refractivity contribution is 7.15. The molecule has 1 aliphatic carbocycles. The average molecular weight is 394 g/mol. The van der Waals surface area contributed by atoms with Crippen LogP contribution >= 0.6 is 11.3 Å². The molecule has 0 radical (unpaired) electrons. The number of thiazole rings is 1. The van der Waals surface area contributed by atoms with Gasteiger partial charge in [0.2, 0.25) is 5.91 Å². The predicted molar refractivity (Wildman–Crippen MR) is 111 cm³/mol. The first-order chi connectivity index (χ1) is 13.7. The Morgan fingerprint density at radius 2 is 1.96 bits per heavy atom. The number of carbonyl (C=O) groups excluding carboxylic acids is 1. The Kier molecular flexibility index (Phi) is 5.30. The number of amides is 1. The quantitative estimate of drug-likeness (QED) is 0.689. The van der Waals surface area contributed by atoms with Gasteiger partial charge in [-0.15, -0.1) is 11.3 Å². The largest absolute Gasteiger partial charge is 0.497 e. The van der Waals surface area contributed by atoms with Crippen molar-refractivity contribution in [3.63, 3.8) is 0 Å². The van der Waals surface area contributed by atoms with E-state index in [0.717, 1.165) is 35.5 Å². The normalized spacial score (nSPS) is 15.6. The molecule has 2 aromatic carbocycles. The van der Waals surface area contributed by atoms with E-state index in [9.17, 15) is 4.79 Å². The molecule has 6 heteroatoms. The third-order valence-electron chi connectivity index (χ3n) is 5.00. The fraction of sp³-hybridized carbons (Fsp3) is 0.273. The van der Waals surface area contributed by atoms with Crippen LogP contribution in [0.1, 0.15) is 17.0 Å². The number of methoxy groups -OCH3 is 2. The van der Waals surface area contributed by atoms with E-state index in [1.54, 1.807) is 37.7 Å². The number of anilines is 1. The molecule has 3 aromatic rings. The van der Waals surface area contributed by atoms with Gasteiger partial charge in [0.15, 0.2) is 0 Å². The van der Waals surface area contributed by atoms with Gasteiger partial charge in [-0.05, 0) is 31.4 Å². The highest BCUT2D eigenvalue weighted by Gasteiger charge is 2.28. The standard InChI is InChI=1S/C22H22N2O3S/c1-26-16-9-11-19(27-2)18(13-16)23-21(25)15-8-10-17-20(12-15)28-22(24-17)14-6-4-3-5-7-14/h3-7,9,11,13,15H,8,10,12H2,1-2H3,(H,23,25). The molecular formula is C22H22N2O3S. The maximum Gasteiger partial charge on any atom is 0.227 e. The van der Waals surface area contributed by atoms with Gasteiger partial charge in [-0.25, -0.2) is 4.98 Å². The van der Waals surface area contributed by atoms with E-state index < -0.39 is 0 Å². The smallest absolute Gasteiger partial charge is 0.227 e. The van der Waals surface area contributed by atoms with Gasteiger partial charge in [-0.3, -0.25) is 4.79 Å². The van der Waals surface area contributed by atoms with Gasteiger partial charge >= 0.3 is 0 Å². The molecule has 0 bridgehead atoms. The van der Waals surface area contributed by atoms with E-state index in [4.69, 9.17) is 14.5 Å². The van der Waals surface area contributed by atoms with Crippen molar-refractivity contribution in [1.82, 2.24) is 4.98 Å². The molecule has 5 nitrogen and oxygen atoms in total. The Hall–Kier alpha value is -2.86. The summed E-state index contributed by atoms with van der Waals surface area (Å²) in [5.74, 6) is 1.23. The molecule has 1 N–H and O–H groups in total. The fourth-order valence-corrected chi connectivity index (χ4v) is 4.64. The highest BCUT2D eigenvalue weighted by atomic mass is 32.1. The molecule has 1 atom stereocenters. The molecule has 0 saturated carbocycles. The number of rotatable bonds is 5. The predicted octanol–water partition coefficient (Wildman–Crippen LogP) is 4.57. The van der Waals surface area contributed by atoms with Crippen LogP contribution in [0.5, 0.6) is 11.5 Å². The van der Waals surface area contributed by atoms with E-state index in [1.165, 1.54) is 4.88 Å². The van der Waals surface area contributed by atoms with Crippen LogP contribution in [0.25, 0.3) is 10.6 Å². The summed E-state index contributed by atoms with van der Waals surface area (Å²) in [6.45, 7) is 0. The summed E-state index contributed by atoms with van der Waals surface area (Å²) < 4.78 is 10.6. The zero-order valence-corrected chi connectivity index (χ0v) is 16.7. The number of fused-ring (bicyclic) bond motifs is 1. The summed E-state index contributed by atoms with van der Waals surface area (Å²) in [4.78, 5) is 18.9. The molecule has 1 unspecified atom stereocenters. The number of hydrogen-bond acceptors (Lipinski definition) is 5. The maximum atomic E-state index is 12.9. The zero-order chi connectivity index (χ0) is 19.5. The summed E-state index contributed by atoms with van der Waals surface area (Å²) >= 11 is 1.69. The Balaban J connectivity index is 1.50. The van der Waals surface area contributed by atoms with Crippen LogP contribution < -0.4 is 14.8 Å². The second-order valence-electron chi connectivity index (χ2n) is 6.75. The van der Waals surface area contributed by atoms with Crippen molar-refractivity contribution in [2.45, 2.75) is 19.3 Å². The number of aromatic nitrogens is 1. The summed E-state index contributed by atoms with van der Waals surface area (Å²) in [5.41, 5.74) is 2.89. The van der Waals surface area contributed by atoms with Gasteiger partial charge < -0.3 is 14.8 Å². The van der Waals surface area contributed by atoms with Gasteiger partial charge in [0, 0.05) is 22.4 Å². The summed E-state index contributed by atoms with van der Waals surface area (Å²) in [5, 5.41) is 4.04. The van der Waals surface area contributed by atoms with Crippen molar-refractivity contribution < 1.29 is 14.3 Å². The third-order valence-corrected chi connectivity index (χ3v) is 6.16. The average Bonchev–Trinajstić information content (AvgIpc) is 3.17. The van der Waals surface area contributed by atoms with Crippen molar-refractivity contribution in [2.24, 2.45) is 5.92 Å². The number of aryl methyl sites for hydroxylation is 1. The van der Waals surface area contributed by atoms with E-state index in [1.807, 2.05) is 24.3 Å². The van der Waals surface area contributed by atoms with Gasteiger partial charge in [0.25, 0.3) is 0 Å². The molecule has 0 saturated heterocycles. The molecule has 1 amide bonds. The maximum absolute atomic E-state index is 12.9. The Labute approximate surface area is 168 Å². The van der Waals surface area contributed by atoms with E-state index in [2.05, 4.69) is 17.4 Å². The minimum Gasteiger partial charge on any atom is -0.497 e. The zero-order valence-electron chi connectivity index (χ0n) is 15.9. The lowest BCUT2D eigenvalue weighted by Gasteiger charge is -2.21. The van der Waals surface area contributed by atoms with Crippen LogP contribution in [0.4, 0.5) is 5.69 Å². The fourth-order valence-electron chi connectivity index (χ4n) is 3.45. The van der Waals surface area contributed by atoms with Crippen LogP contribution in [-0.2, 0) is 17.6 Å². The first kappa shape index (κ1) is 18.5. The number of nitrogens with zero attached hydrogens (tertiary/aromatic N) is 1. The molecule has 4 rings (SSSR count). The number of hydrogen-bond donors (Lipinski definition) is 1. The number of ether oxygens (including phenoxy) is 2. The van der Waals surface area contributed by atoms with Crippen LogP contribution in [0.2, 0.25) is 0 Å². The number of nitrogens with one attached hydrogen (secondary N) is 1. The molecule has 1 heterocycles. The number of carbonyl (C=O) groups is 1. The Morgan fingerprint density at radius 1 is 1.14 bits per heavy atom. The van der Waals surface area contributed by atoms with Crippen LogP contribution in [0, 0.1) is 5.92 Å². The Morgan fingerprint density at radius 3 is 2.71 bits per heavy atom. The second-order valence-corrected chi connectivity index (χ2v) is 7.83. The molecular weight excluding hydrogens is 372 g/mol. The van der Waals surface area contributed by atoms with Gasteiger partial charge in [0.05, 0.1) is 25.6 Å². The van der Waals surface area contributed by atoms with Gasteiger partial charge in [0.1, 0.15) is 16.5 Å². The summed E-state index contributed by atoms with van der Waals surface area (Å²) in [6.07, 6.45) is 2.34. The lowest BCUT2D eigenvalue weighted by atomic mass is 9.90. The van der Waals surface area contributed by atoms with E-state index in [0.29, 0.717) is 17.2 Å². The minimum absolute atomic E-state index is 0.00636. The lowest BCUT2D eigenvalue weighted by molar-refractivity contribution is -0.120. The van der Waals surface area contributed by atoms with Crippen molar-refractivity contribution in [3.05, 3.63) is 59.1 Å². The minimum atomic E-state index is -0.0764. The summed E-state index contributed by atoms with van der Waals surface area (Å²) in [6, 6.07) is 15.6. The molecule has 1 aliphatic rings. The third kappa shape index (κ3) is 3.73. The monoisotopic (exact) mass is 394 g/mol. The van der Waals surface area contributed by atoms with E-state index >= 15 is 0 Å². The van der Waals surface area contributed by atoms with Gasteiger partial charge in [-0.1, -0.05) is 30.3 Å². The van der Waals surface area contributed by atoms with Crippen LogP contribution in [0.3, 0.4) is 0 Å². The topological polar surface area (TPSA) is 60.5 Å².